The summed E-state index contributed by atoms with van der Waals surface area (Å²) in [4.78, 5) is 7.26. The second kappa shape index (κ2) is 3.31. The minimum Gasteiger partial charge on any atom is -0.497 e. The van der Waals surface area contributed by atoms with Crippen LogP contribution in [0.3, 0.4) is 0 Å². The van der Waals surface area contributed by atoms with Crippen LogP contribution in [0.25, 0.3) is 11.0 Å². The lowest BCUT2D eigenvalue weighted by molar-refractivity contribution is 0.190. The summed E-state index contributed by atoms with van der Waals surface area (Å²) in [6.07, 6.45) is -0.576. The van der Waals surface area contributed by atoms with Gasteiger partial charge in [-0.1, -0.05) is 0 Å². The van der Waals surface area contributed by atoms with Crippen molar-refractivity contribution in [3.63, 3.8) is 0 Å². The van der Waals surface area contributed by atoms with Crippen molar-refractivity contribution >= 4 is 11.0 Å². The van der Waals surface area contributed by atoms with Crippen LogP contribution in [0, 0.1) is 0 Å². The molecule has 1 atom stereocenters. The Labute approximate surface area is 81.5 Å². The number of aromatic nitrogens is 2. The number of nitrogens with zero attached hydrogens (tertiary/aromatic N) is 1. The fourth-order valence-corrected chi connectivity index (χ4v) is 1.33. The summed E-state index contributed by atoms with van der Waals surface area (Å²) in [7, 11) is 1.62. The highest BCUT2D eigenvalue weighted by Gasteiger charge is 2.07. The molecule has 2 N–H and O–H groups in total. The van der Waals surface area contributed by atoms with Gasteiger partial charge in [0.2, 0.25) is 0 Å². The molecule has 0 aliphatic rings. The molecule has 0 saturated carbocycles. The molecule has 1 aromatic heterocycles. The van der Waals surface area contributed by atoms with E-state index in [1.165, 1.54) is 0 Å². The largest absolute Gasteiger partial charge is 0.497 e. The summed E-state index contributed by atoms with van der Waals surface area (Å²) in [5.41, 5.74) is 1.71. The number of rotatable bonds is 2. The van der Waals surface area contributed by atoms with E-state index in [0.29, 0.717) is 5.82 Å². The second-order valence-corrected chi connectivity index (χ2v) is 3.18. The number of imidazole rings is 1. The third kappa shape index (κ3) is 1.44. The summed E-state index contributed by atoms with van der Waals surface area (Å²) >= 11 is 0. The van der Waals surface area contributed by atoms with Gasteiger partial charge in [0.05, 0.1) is 18.1 Å². The first-order chi connectivity index (χ1) is 6.70. The number of hydrogen-bond donors (Lipinski definition) is 2. The van der Waals surface area contributed by atoms with Gasteiger partial charge in [-0.15, -0.1) is 0 Å². The van der Waals surface area contributed by atoms with Crippen molar-refractivity contribution in [2.24, 2.45) is 0 Å². The van der Waals surface area contributed by atoms with Gasteiger partial charge in [0.1, 0.15) is 17.7 Å². The van der Waals surface area contributed by atoms with E-state index in [1.807, 2.05) is 18.2 Å². The van der Waals surface area contributed by atoms with Gasteiger partial charge < -0.3 is 14.8 Å². The molecule has 0 amide bonds. The highest BCUT2D eigenvalue weighted by atomic mass is 16.5. The van der Waals surface area contributed by atoms with Crippen molar-refractivity contribution in [3.05, 3.63) is 24.0 Å². The zero-order valence-corrected chi connectivity index (χ0v) is 8.11. The molecule has 1 heterocycles. The maximum atomic E-state index is 9.33. The summed E-state index contributed by atoms with van der Waals surface area (Å²) in [6, 6.07) is 5.56. The van der Waals surface area contributed by atoms with E-state index in [1.54, 1.807) is 14.0 Å². The molecule has 14 heavy (non-hydrogen) atoms. The van der Waals surface area contributed by atoms with Gasteiger partial charge in [0.15, 0.2) is 0 Å². The summed E-state index contributed by atoms with van der Waals surface area (Å²) in [6.45, 7) is 1.68. The molecule has 0 radical (unpaired) electrons. The maximum absolute atomic E-state index is 9.33. The summed E-state index contributed by atoms with van der Waals surface area (Å²) in [5, 5.41) is 9.33. The number of nitrogens with one attached hydrogen (secondary N) is 1. The number of methoxy groups -OCH3 is 1. The maximum Gasteiger partial charge on any atom is 0.135 e. The lowest BCUT2D eigenvalue weighted by Crippen LogP contribution is -1.92. The fourth-order valence-electron chi connectivity index (χ4n) is 1.33. The van der Waals surface area contributed by atoms with E-state index in [9.17, 15) is 5.11 Å². The van der Waals surface area contributed by atoms with Gasteiger partial charge in [-0.3, -0.25) is 0 Å². The molecule has 4 nitrogen and oxygen atoms in total. The van der Waals surface area contributed by atoms with Crippen molar-refractivity contribution in [3.8, 4) is 5.75 Å². The first kappa shape index (κ1) is 9.02. The predicted molar refractivity (Wildman–Crippen MR) is 53.3 cm³/mol. The molecular weight excluding hydrogens is 180 g/mol. The van der Waals surface area contributed by atoms with E-state index in [0.717, 1.165) is 16.8 Å². The molecule has 0 fully saturated rings. The van der Waals surface area contributed by atoms with E-state index >= 15 is 0 Å². The lowest BCUT2D eigenvalue weighted by Gasteiger charge is -1.97. The number of hydrogen-bond acceptors (Lipinski definition) is 3. The molecule has 0 aliphatic carbocycles. The number of aromatic amines is 1. The first-order valence-electron chi connectivity index (χ1n) is 4.42. The van der Waals surface area contributed by atoms with Gasteiger partial charge in [-0.25, -0.2) is 4.98 Å². The Hall–Kier alpha value is -1.55. The van der Waals surface area contributed by atoms with E-state index < -0.39 is 6.10 Å². The second-order valence-electron chi connectivity index (χ2n) is 3.18. The molecule has 1 aromatic carbocycles. The minimum atomic E-state index is -0.576. The first-order valence-corrected chi connectivity index (χ1v) is 4.42. The highest BCUT2D eigenvalue weighted by molar-refractivity contribution is 5.76. The van der Waals surface area contributed by atoms with Crippen molar-refractivity contribution in [2.75, 3.05) is 7.11 Å². The number of aliphatic hydroxyl groups excluding tert-OH is 1. The number of aliphatic hydroxyl groups is 1. The molecule has 0 spiro atoms. The van der Waals surface area contributed by atoms with E-state index in [-0.39, 0.29) is 0 Å². The fraction of sp³-hybridized carbons (Fsp3) is 0.300. The molecule has 0 saturated heterocycles. The van der Waals surface area contributed by atoms with E-state index in [4.69, 9.17) is 4.74 Å². The van der Waals surface area contributed by atoms with Gasteiger partial charge in [0, 0.05) is 6.07 Å². The van der Waals surface area contributed by atoms with E-state index in [2.05, 4.69) is 9.97 Å². The topological polar surface area (TPSA) is 58.1 Å². The van der Waals surface area contributed by atoms with Crippen LogP contribution >= 0.6 is 0 Å². The number of ether oxygens (including phenoxy) is 1. The number of fused-ring (bicyclic) bond motifs is 1. The van der Waals surface area contributed by atoms with Crippen molar-refractivity contribution in [2.45, 2.75) is 13.0 Å². The van der Waals surface area contributed by atoms with Crippen molar-refractivity contribution in [1.29, 1.82) is 0 Å². The molecule has 0 unspecified atom stereocenters. The Bertz CT molecular complexity index is 448. The van der Waals surface area contributed by atoms with Crippen molar-refractivity contribution in [1.82, 2.24) is 9.97 Å². The Morgan fingerprint density at radius 2 is 2.29 bits per heavy atom. The average Bonchev–Trinajstić information content (AvgIpc) is 2.59. The zero-order chi connectivity index (χ0) is 10.1. The average molecular weight is 192 g/mol. The summed E-state index contributed by atoms with van der Waals surface area (Å²) in [5.74, 6) is 1.35. The summed E-state index contributed by atoms with van der Waals surface area (Å²) < 4.78 is 5.08. The molecule has 74 valence electrons. The highest BCUT2D eigenvalue weighted by Crippen LogP contribution is 2.20. The molecule has 4 heteroatoms. The van der Waals surface area contributed by atoms with Gasteiger partial charge in [0.25, 0.3) is 0 Å². The Morgan fingerprint density at radius 1 is 1.50 bits per heavy atom. The lowest BCUT2D eigenvalue weighted by atomic mass is 10.3. The third-order valence-electron chi connectivity index (χ3n) is 2.10. The minimum absolute atomic E-state index is 0.576. The SMILES string of the molecule is COc1ccc2nc([C@@H](C)O)[nH]c2c1. The van der Waals surface area contributed by atoms with Gasteiger partial charge in [-0.2, -0.15) is 0 Å². The van der Waals surface area contributed by atoms with Crippen molar-refractivity contribution < 1.29 is 9.84 Å². The van der Waals surface area contributed by atoms with Crippen LogP contribution in [0.4, 0.5) is 0 Å². The Balaban J connectivity index is 2.54. The normalized spacial score (nSPS) is 13.1. The smallest absolute Gasteiger partial charge is 0.135 e. The number of H-pyrrole nitrogens is 1. The molecule has 0 aliphatic heterocycles. The van der Waals surface area contributed by atoms with Crippen LogP contribution in [0.5, 0.6) is 5.75 Å². The zero-order valence-electron chi connectivity index (χ0n) is 8.11. The van der Waals surface area contributed by atoms with Crippen LogP contribution in [0.2, 0.25) is 0 Å². The molecular formula is C10H12N2O2. The monoisotopic (exact) mass is 192 g/mol. The van der Waals surface area contributed by atoms with Crippen LogP contribution in [0.15, 0.2) is 18.2 Å². The molecule has 0 bridgehead atoms. The van der Waals surface area contributed by atoms with Gasteiger partial charge >= 0.3 is 0 Å². The predicted octanol–water partition coefficient (Wildman–Crippen LogP) is 1.62. The van der Waals surface area contributed by atoms with Crippen LogP contribution in [-0.4, -0.2) is 22.2 Å². The van der Waals surface area contributed by atoms with Gasteiger partial charge in [-0.05, 0) is 19.1 Å². The molecule has 2 aromatic rings. The van der Waals surface area contributed by atoms with Crippen LogP contribution in [0.1, 0.15) is 18.9 Å². The van der Waals surface area contributed by atoms with Crippen LogP contribution in [-0.2, 0) is 0 Å². The molecule has 2 rings (SSSR count). The number of benzene rings is 1. The Morgan fingerprint density at radius 3 is 2.93 bits per heavy atom. The standard InChI is InChI=1S/C10H12N2O2/c1-6(13)10-11-8-4-3-7(14-2)5-9(8)12-10/h3-6,13H,1-2H3,(H,11,12)/t6-/m1/s1. The quantitative estimate of drug-likeness (QED) is 0.760. The Kier molecular flexibility index (Phi) is 2.13. The third-order valence-corrected chi connectivity index (χ3v) is 2.10. The van der Waals surface area contributed by atoms with Crippen LogP contribution < -0.4 is 4.74 Å².